The summed E-state index contributed by atoms with van der Waals surface area (Å²) in [4.78, 5) is 23.1. The molecule has 0 aliphatic carbocycles. The number of ether oxygens (including phenoxy) is 1. The molecule has 3 aromatic carbocycles. The SMILES string of the molecule is NC(Cc1ccc(Oc2ccc(/C=C3\C(=O)Nc4ccccc43)cc2)cc1)C(=O)O. The normalized spacial score (nSPS) is 14.8. The average Bonchev–Trinajstić information content (AvgIpc) is 3.06. The molecule has 1 aliphatic heterocycles. The van der Waals surface area contributed by atoms with Gasteiger partial charge in [-0.05, 0) is 54.0 Å². The van der Waals surface area contributed by atoms with Crippen LogP contribution >= 0.6 is 0 Å². The van der Waals surface area contributed by atoms with Crippen molar-refractivity contribution in [2.75, 3.05) is 5.32 Å². The molecule has 1 aliphatic rings. The maximum Gasteiger partial charge on any atom is 0.320 e. The third-order valence-corrected chi connectivity index (χ3v) is 4.83. The summed E-state index contributed by atoms with van der Waals surface area (Å²) in [6, 6.07) is 21.3. The van der Waals surface area contributed by atoms with E-state index in [2.05, 4.69) is 5.32 Å². The number of aliphatic carboxylic acids is 1. The van der Waals surface area contributed by atoms with Crippen LogP contribution in [-0.2, 0) is 16.0 Å². The maximum absolute atomic E-state index is 12.2. The highest BCUT2D eigenvalue weighted by atomic mass is 16.5. The number of amides is 1. The molecule has 1 unspecified atom stereocenters. The van der Waals surface area contributed by atoms with E-state index in [0.29, 0.717) is 17.1 Å². The lowest BCUT2D eigenvalue weighted by Crippen LogP contribution is -2.32. The summed E-state index contributed by atoms with van der Waals surface area (Å²) in [6.45, 7) is 0. The van der Waals surface area contributed by atoms with Crippen molar-refractivity contribution in [3.8, 4) is 11.5 Å². The molecule has 30 heavy (non-hydrogen) atoms. The molecule has 3 aromatic rings. The Morgan fingerprint density at radius 3 is 2.30 bits per heavy atom. The van der Waals surface area contributed by atoms with Crippen LogP contribution < -0.4 is 15.8 Å². The van der Waals surface area contributed by atoms with Crippen molar-refractivity contribution in [1.29, 1.82) is 0 Å². The van der Waals surface area contributed by atoms with Gasteiger partial charge < -0.3 is 20.9 Å². The molecule has 0 radical (unpaired) electrons. The van der Waals surface area contributed by atoms with E-state index < -0.39 is 12.0 Å². The number of benzene rings is 3. The van der Waals surface area contributed by atoms with Crippen LogP contribution in [0, 0.1) is 0 Å². The highest BCUT2D eigenvalue weighted by Crippen LogP contribution is 2.33. The number of fused-ring (bicyclic) bond motifs is 1. The van der Waals surface area contributed by atoms with E-state index in [1.807, 2.05) is 54.6 Å². The molecule has 150 valence electrons. The van der Waals surface area contributed by atoms with Crippen LogP contribution in [0.5, 0.6) is 11.5 Å². The quantitative estimate of drug-likeness (QED) is 0.544. The molecule has 0 saturated carbocycles. The van der Waals surface area contributed by atoms with E-state index in [-0.39, 0.29) is 12.3 Å². The van der Waals surface area contributed by atoms with Crippen molar-refractivity contribution in [1.82, 2.24) is 0 Å². The van der Waals surface area contributed by atoms with Crippen molar-refractivity contribution < 1.29 is 19.4 Å². The third kappa shape index (κ3) is 4.24. The number of rotatable bonds is 6. The van der Waals surface area contributed by atoms with Gasteiger partial charge in [-0.15, -0.1) is 0 Å². The summed E-state index contributed by atoms with van der Waals surface area (Å²) in [7, 11) is 0. The fourth-order valence-corrected chi connectivity index (χ4v) is 3.25. The molecule has 6 heteroatoms. The number of hydrogen-bond acceptors (Lipinski definition) is 4. The van der Waals surface area contributed by atoms with E-state index in [9.17, 15) is 9.59 Å². The van der Waals surface area contributed by atoms with Crippen LogP contribution in [0.1, 0.15) is 16.7 Å². The van der Waals surface area contributed by atoms with Crippen molar-refractivity contribution in [2.45, 2.75) is 12.5 Å². The van der Waals surface area contributed by atoms with Crippen LogP contribution in [0.4, 0.5) is 5.69 Å². The predicted octanol–water partition coefficient (Wildman–Crippen LogP) is 3.93. The molecule has 4 N–H and O–H groups in total. The zero-order valence-corrected chi connectivity index (χ0v) is 16.0. The lowest BCUT2D eigenvalue weighted by atomic mass is 10.0. The number of nitrogens with one attached hydrogen (secondary N) is 1. The summed E-state index contributed by atoms with van der Waals surface area (Å²) >= 11 is 0. The first-order chi connectivity index (χ1) is 14.5. The third-order valence-electron chi connectivity index (χ3n) is 4.83. The Morgan fingerprint density at radius 1 is 1.00 bits per heavy atom. The molecule has 0 aromatic heterocycles. The Balaban J connectivity index is 1.44. The fraction of sp³-hybridized carbons (Fsp3) is 0.0833. The summed E-state index contributed by atoms with van der Waals surface area (Å²) in [5.41, 5.74) is 9.62. The minimum Gasteiger partial charge on any atom is -0.480 e. The Bertz CT molecular complexity index is 1120. The molecule has 6 nitrogen and oxygen atoms in total. The molecule has 1 heterocycles. The van der Waals surface area contributed by atoms with E-state index in [0.717, 1.165) is 22.4 Å². The van der Waals surface area contributed by atoms with Gasteiger partial charge in [-0.2, -0.15) is 0 Å². The highest BCUT2D eigenvalue weighted by Gasteiger charge is 2.23. The lowest BCUT2D eigenvalue weighted by Gasteiger charge is -2.09. The molecule has 0 fully saturated rings. The number of para-hydroxylation sites is 1. The van der Waals surface area contributed by atoms with Crippen molar-refractivity contribution in [3.05, 3.63) is 89.5 Å². The Hall–Kier alpha value is -3.90. The van der Waals surface area contributed by atoms with Crippen molar-refractivity contribution in [2.24, 2.45) is 5.73 Å². The summed E-state index contributed by atoms with van der Waals surface area (Å²) < 4.78 is 5.84. The summed E-state index contributed by atoms with van der Waals surface area (Å²) in [5, 5.41) is 11.8. The first kappa shape index (κ1) is 19.4. The topological polar surface area (TPSA) is 102 Å². The van der Waals surface area contributed by atoms with E-state index in [4.69, 9.17) is 15.6 Å². The number of hydrogen-bond donors (Lipinski definition) is 3. The standard InChI is InChI=1S/C24H20N2O4/c25-21(24(28)29)14-16-7-11-18(12-8-16)30-17-9-5-15(6-10-17)13-20-19-3-1-2-4-22(19)26-23(20)27/h1-13,21H,14,25H2,(H,26,27)(H,28,29)/b20-13-. The van der Waals surface area contributed by atoms with Gasteiger partial charge in [0.05, 0.1) is 0 Å². The molecule has 1 amide bonds. The lowest BCUT2D eigenvalue weighted by molar-refractivity contribution is -0.138. The smallest absolute Gasteiger partial charge is 0.320 e. The zero-order valence-electron chi connectivity index (χ0n) is 16.0. The summed E-state index contributed by atoms with van der Waals surface area (Å²) in [6.07, 6.45) is 2.11. The predicted molar refractivity (Wildman–Crippen MR) is 115 cm³/mol. The second-order valence-electron chi connectivity index (χ2n) is 7.02. The van der Waals surface area contributed by atoms with E-state index in [1.165, 1.54) is 0 Å². The number of nitrogens with two attached hydrogens (primary N) is 1. The first-order valence-electron chi connectivity index (χ1n) is 9.47. The number of carboxylic acids is 1. The highest BCUT2D eigenvalue weighted by molar-refractivity contribution is 6.34. The van der Waals surface area contributed by atoms with Gasteiger partial charge in [-0.1, -0.05) is 42.5 Å². The second kappa shape index (κ2) is 8.23. The largest absolute Gasteiger partial charge is 0.480 e. The summed E-state index contributed by atoms with van der Waals surface area (Å²) in [5.74, 6) is 0.157. The number of anilines is 1. The molecule has 0 saturated heterocycles. The van der Waals surface area contributed by atoms with Gasteiger partial charge in [-0.3, -0.25) is 9.59 Å². The Kier molecular flexibility index (Phi) is 5.32. The molecule has 0 bridgehead atoms. The maximum atomic E-state index is 12.2. The van der Waals surface area contributed by atoms with Crippen molar-refractivity contribution in [3.63, 3.8) is 0 Å². The Morgan fingerprint density at radius 2 is 1.63 bits per heavy atom. The number of carbonyl (C=O) groups excluding carboxylic acids is 1. The van der Waals surface area contributed by atoms with Crippen LogP contribution in [0.25, 0.3) is 11.6 Å². The van der Waals surface area contributed by atoms with Gasteiger partial charge in [0, 0.05) is 16.8 Å². The molecular weight excluding hydrogens is 380 g/mol. The molecular formula is C24H20N2O4. The molecule has 0 spiro atoms. The number of carboxylic acid groups (broad SMARTS) is 1. The van der Waals surface area contributed by atoms with Gasteiger partial charge in [0.2, 0.25) is 0 Å². The van der Waals surface area contributed by atoms with Crippen LogP contribution in [0.3, 0.4) is 0 Å². The molecule has 1 atom stereocenters. The van der Waals surface area contributed by atoms with Gasteiger partial charge >= 0.3 is 5.97 Å². The second-order valence-corrected chi connectivity index (χ2v) is 7.02. The van der Waals surface area contributed by atoms with E-state index in [1.54, 1.807) is 24.3 Å². The van der Waals surface area contributed by atoms with Crippen LogP contribution in [0.15, 0.2) is 72.8 Å². The van der Waals surface area contributed by atoms with Gasteiger partial charge in [-0.25, -0.2) is 0 Å². The monoisotopic (exact) mass is 400 g/mol. The molecule has 4 rings (SSSR count). The first-order valence-corrected chi connectivity index (χ1v) is 9.47. The number of carbonyl (C=O) groups is 2. The zero-order chi connectivity index (χ0) is 21.1. The Labute approximate surface area is 173 Å². The van der Waals surface area contributed by atoms with Crippen LogP contribution in [0.2, 0.25) is 0 Å². The fourth-order valence-electron chi connectivity index (χ4n) is 3.25. The van der Waals surface area contributed by atoms with E-state index >= 15 is 0 Å². The minimum absolute atomic E-state index is 0.112. The van der Waals surface area contributed by atoms with Gasteiger partial charge in [0.15, 0.2) is 0 Å². The van der Waals surface area contributed by atoms with Crippen LogP contribution in [-0.4, -0.2) is 23.0 Å². The average molecular weight is 400 g/mol. The van der Waals surface area contributed by atoms with Crippen molar-refractivity contribution >= 4 is 29.2 Å². The van der Waals surface area contributed by atoms with Gasteiger partial charge in [0.25, 0.3) is 5.91 Å². The van der Waals surface area contributed by atoms with Gasteiger partial charge in [0.1, 0.15) is 17.5 Å². The minimum atomic E-state index is -1.02.